The van der Waals surface area contributed by atoms with Crippen LogP contribution in [0, 0.1) is 0 Å². The molecule has 2 N–H and O–H groups in total. The molecular weight excluding hydrogens is 238 g/mol. The molecular formula is C10H19N5OS. The number of nitrogens with zero attached hydrogens (tertiary/aromatic N) is 3. The second kappa shape index (κ2) is 7.18. The molecule has 0 aliphatic rings. The number of anilines is 1. The van der Waals surface area contributed by atoms with Crippen molar-refractivity contribution in [3.63, 3.8) is 0 Å². The highest BCUT2D eigenvalue weighted by atomic mass is 32.1. The van der Waals surface area contributed by atoms with E-state index in [9.17, 15) is 4.79 Å². The maximum atomic E-state index is 11.2. The van der Waals surface area contributed by atoms with Gasteiger partial charge in [-0.15, -0.1) is 5.10 Å². The highest BCUT2D eigenvalue weighted by Gasteiger charge is 2.11. The zero-order valence-electron chi connectivity index (χ0n) is 10.5. The molecule has 1 heterocycles. The van der Waals surface area contributed by atoms with E-state index in [1.807, 2.05) is 11.9 Å². The van der Waals surface area contributed by atoms with Crippen LogP contribution in [0.15, 0.2) is 0 Å². The number of carbonyl (C=O) groups excluding carboxylic acids is 1. The smallest absolute Gasteiger partial charge is 0.233 e. The van der Waals surface area contributed by atoms with Crippen molar-refractivity contribution in [1.82, 2.24) is 19.8 Å². The van der Waals surface area contributed by atoms with Gasteiger partial charge in [-0.25, -0.2) is 0 Å². The van der Waals surface area contributed by atoms with Gasteiger partial charge in [0.2, 0.25) is 5.91 Å². The first-order valence-electron chi connectivity index (χ1n) is 5.61. The number of rotatable bonds is 7. The molecule has 1 aromatic heterocycles. The maximum absolute atomic E-state index is 11.2. The van der Waals surface area contributed by atoms with Gasteiger partial charge in [-0.05, 0) is 13.5 Å². The first-order valence-corrected chi connectivity index (χ1v) is 6.39. The van der Waals surface area contributed by atoms with Gasteiger partial charge in [0.1, 0.15) is 10.7 Å². The van der Waals surface area contributed by atoms with Crippen LogP contribution in [0.25, 0.3) is 0 Å². The van der Waals surface area contributed by atoms with Gasteiger partial charge in [0.05, 0.1) is 6.54 Å². The predicted molar refractivity (Wildman–Crippen MR) is 69.1 cm³/mol. The molecule has 0 bridgehead atoms. The fourth-order valence-corrected chi connectivity index (χ4v) is 1.92. The Balaban J connectivity index is 2.49. The van der Waals surface area contributed by atoms with Crippen LogP contribution in [0.2, 0.25) is 0 Å². The Kier molecular flexibility index (Phi) is 5.85. The van der Waals surface area contributed by atoms with Crippen molar-refractivity contribution in [1.29, 1.82) is 0 Å². The Bertz CT molecular complexity index is 354. The summed E-state index contributed by atoms with van der Waals surface area (Å²) in [6, 6.07) is 0. The average molecular weight is 257 g/mol. The molecule has 1 rings (SSSR count). The minimum absolute atomic E-state index is 0.00115. The van der Waals surface area contributed by atoms with Crippen LogP contribution in [-0.4, -0.2) is 47.6 Å². The summed E-state index contributed by atoms with van der Waals surface area (Å²) in [6.45, 7) is 4.01. The molecule has 0 saturated carbocycles. The molecule has 1 aromatic rings. The highest BCUT2D eigenvalue weighted by molar-refractivity contribution is 7.10. The molecule has 0 fully saturated rings. The topological polar surface area (TPSA) is 70.2 Å². The van der Waals surface area contributed by atoms with Crippen LogP contribution in [0.4, 0.5) is 5.00 Å². The third-order valence-corrected chi connectivity index (χ3v) is 2.93. The van der Waals surface area contributed by atoms with E-state index in [-0.39, 0.29) is 5.91 Å². The van der Waals surface area contributed by atoms with Gasteiger partial charge in [0, 0.05) is 31.7 Å². The van der Waals surface area contributed by atoms with E-state index in [1.54, 1.807) is 7.05 Å². The Morgan fingerprint density at radius 2 is 2.29 bits per heavy atom. The molecule has 0 saturated heterocycles. The van der Waals surface area contributed by atoms with Crippen LogP contribution in [-0.2, 0) is 11.3 Å². The molecule has 0 aromatic carbocycles. The number of amides is 1. The Morgan fingerprint density at radius 3 is 2.94 bits per heavy atom. The van der Waals surface area contributed by atoms with Gasteiger partial charge < -0.3 is 10.6 Å². The largest absolute Gasteiger partial charge is 0.374 e. The van der Waals surface area contributed by atoms with Gasteiger partial charge >= 0.3 is 0 Å². The standard InChI is InChI=1S/C10H19N5OS/c1-4-5-12-10-8(13-14-17-10)6-15(3)7-9(16)11-2/h12H,4-7H2,1-3H3,(H,11,16). The normalized spacial score (nSPS) is 10.6. The minimum atomic E-state index is -0.00115. The number of nitrogens with one attached hydrogen (secondary N) is 2. The fraction of sp³-hybridized carbons (Fsp3) is 0.700. The van der Waals surface area contributed by atoms with Crippen molar-refractivity contribution in [2.45, 2.75) is 19.9 Å². The van der Waals surface area contributed by atoms with E-state index in [0.29, 0.717) is 13.1 Å². The molecule has 7 heteroatoms. The van der Waals surface area contributed by atoms with Gasteiger partial charge in [-0.3, -0.25) is 9.69 Å². The van der Waals surface area contributed by atoms with Crippen molar-refractivity contribution < 1.29 is 4.79 Å². The second-order valence-corrected chi connectivity index (χ2v) is 4.58. The van der Waals surface area contributed by atoms with Gasteiger partial charge in [-0.1, -0.05) is 11.4 Å². The molecule has 6 nitrogen and oxygen atoms in total. The van der Waals surface area contributed by atoms with Crippen molar-refractivity contribution in [3.05, 3.63) is 5.69 Å². The lowest BCUT2D eigenvalue weighted by Crippen LogP contribution is -2.32. The summed E-state index contributed by atoms with van der Waals surface area (Å²) in [5.74, 6) is -0.00115. The summed E-state index contributed by atoms with van der Waals surface area (Å²) in [5, 5.41) is 10.9. The van der Waals surface area contributed by atoms with Crippen molar-refractivity contribution in [2.24, 2.45) is 0 Å². The number of aromatic nitrogens is 2. The fourth-order valence-electron chi connectivity index (χ4n) is 1.32. The second-order valence-electron chi connectivity index (χ2n) is 3.82. The quantitative estimate of drug-likeness (QED) is 0.746. The Hall–Kier alpha value is -1.21. The third-order valence-electron chi connectivity index (χ3n) is 2.20. The molecule has 0 atom stereocenters. The molecule has 0 radical (unpaired) electrons. The molecule has 0 aliphatic carbocycles. The van der Waals surface area contributed by atoms with Gasteiger partial charge in [0.25, 0.3) is 0 Å². The zero-order chi connectivity index (χ0) is 12.7. The Labute approximate surface area is 106 Å². The average Bonchev–Trinajstić information content (AvgIpc) is 2.73. The zero-order valence-corrected chi connectivity index (χ0v) is 11.3. The van der Waals surface area contributed by atoms with E-state index < -0.39 is 0 Å². The summed E-state index contributed by atoms with van der Waals surface area (Å²) >= 11 is 1.36. The molecule has 0 unspecified atom stereocenters. The van der Waals surface area contributed by atoms with E-state index in [1.165, 1.54) is 11.5 Å². The summed E-state index contributed by atoms with van der Waals surface area (Å²) in [5.41, 5.74) is 0.898. The molecule has 0 spiro atoms. The lowest BCUT2D eigenvalue weighted by Gasteiger charge is -2.14. The van der Waals surface area contributed by atoms with Crippen LogP contribution in [0.1, 0.15) is 19.0 Å². The van der Waals surface area contributed by atoms with Crippen molar-refractivity contribution >= 4 is 22.4 Å². The summed E-state index contributed by atoms with van der Waals surface area (Å²) < 4.78 is 3.93. The first kappa shape index (κ1) is 13.9. The van der Waals surface area contributed by atoms with Crippen LogP contribution in [0.5, 0.6) is 0 Å². The molecule has 1 amide bonds. The molecule has 0 aliphatic heterocycles. The van der Waals surface area contributed by atoms with Gasteiger partial charge in [0.15, 0.2) is 0 Å². The van der Waals surface area contributed by atoms with E-state index in [0.717, 1.165) is 23.7 Å². The number of hydrogen-bond acceptors (Lipinski definition) is 6. The number of hydrogen-bond donors (Lipinski definition) is 2. The SMILES string of the molecule is CCCNc1snnc1CN(C)CC(=O)NC. The third kappa shape index (κ3) is 4.66. The van der Waals surface area contributed by atoms with Crippen molar-refractivity contribution in [3.8, 4) is 0 Å². The summed E-state index contributed by atoms with van der Waals surface area (Å²) in [4.78, 5) is 13.1. The van der Waals surface area contributed by atoms with E-state index >= 15 is 0 Å². The number of carbonyl (C=O) groups is 1. The molecule has 96 valence electrons. The van der Waals surface area contributed by atoms with Crippen LogP contribution < -0.4 is 10.6 Å². The monoisotopic (exact) mass is 257 g/mol. The lowest BCUT2D eigenvalue weighted by molar-refractivity contribution is -0.121. The summed E-state index contributed by atoms with van der Waals surface area (Å²) in [7, 11) is 3.52. The van der Waals surface area contributed by atoms with Gasteiger partial charge in [-0.2, -0.15) is 0 Å². The van der Waals surface area contributed by atoms with Crippen LogP contribution in [0.3, 0.4) is 0 Å². The highest BCUT2D eigenvalue weighted by Crippen LogP contribution is 2.18. The maximum Gasteiger partial charge on any atom is 0.233 e. The minimum Gasteiger partial charge on any atom is -0.374 e. The Morgan fingerprint density at radius 1 is 1.53 bits per heavy atom. The number of likely N-dealkylation sites (N-methyl/N-ethyl adjacent to an activating group) is 2. The van der Waals surface area contributed by atoms with E-state index in [2.05, 4.69) is 27.1 Å². The van der Waals surface area contributed by atoms with E-state index in [4.69, 9.17) is 0 Å². The predicted octanol–water partition coefficient (Wildman–Crippen LogP) is 0.538. The van der Waals surface area contributed by atoms with Crippen molar-refractivity contribution in [2.75, 3.05) is 32.5 Å². The summed E-state index contributed by atoms with van der Waals surface area (Å²) in [6.07, 6.45) is 1.06. The van der Waals surface area contributed by atoms with Crippen LogP contribution >= 0.6 is 11.5 Å². The molecule has 17 heavy (non-hydrogen) atoms. The first-order chi connectivity index (χ1) is 8.17. The lowest BCUT2D eigenvalue weighted by atomic mass is 10.4.